The summed E-state index contributed by atoms with van der Waals surface area (Å²) in [7, 11) is 0. The molecule has 0 aromatic carbocycles. The number of unbranched alkanes of at least 4 members (excludes halogenated alkanes) is 40. The molecule has 0 spiro atoms. The lowest BCUT2D eigenvalue weighted by molar-refractivity contribution is -0.143. The summed E-state index contributed by atoms with van der Waals surface area (Å²) in [6.45, 7) is 4.89. The van der Waals surface area contributed by atoms with E-state index in [4.69, 9.17) is 4.74 Å². The van der Waals surface area contributed by atoms with Gasteiger partial charge in [-0.25, -0.2) is 0 Å². The Bertz CT molecular complexity index is 909. The molecule has 61 heavy (non-hydrogen) atoms. The first-order valence-electron chi connectivity index (χ1n) is 27.5. The zero-order valence-electron chi connectivity index (χ0n) is 41.2. The first-order chi connectivity index (χ1) is 30.0. The standard InChI is InChI=1S/C55H107NO5/c1-3-5-7-9-11-13-15-16-17-18-22-25-29-33-37-41-45-49-55(60)61-50-46-42-38-34-30-26-23-20-19-21-24-28-32-36-40-44-48-54(59)56-52(51-57)53(58)47-43-39-35-31-27-14-12-10-8-6-4-2/h43,47,52-53,57-58H,3-42,44-46,48-51H2,1-2H3,(H,56,59)/b47-43+. The Hall–Kier alpha value is -1.40. The summed E-state index contributed by atoms with van der Waals surface area (Å²) in [5, 5.41) is 23.0. The Morgan fingerprint density at radius 1 is 0.443 bits per heavy atom. The number of rotatable bonds is 51. The first-order valence-corrected chi connectivity index (χ1v) is 27.5. The molecular formula is C55H107NO5. The van der Waals surface area contributed by atoms with E-state index in [9.17, 15) is 19.8 Å². The number of nitrogens with one attached hydrogen (secondary N) is 1. The van der Waals surface area contributed by atoms with Crippen LogP contribution in [0.4, 0.5) is 0 Å². The van der Waals surface area contributed by atoms with E-state index >= 15 is 0 Å². The van der Waals surface area contributed by atoms with Crippen LogP contribution in [-0.4, -0.2) is 47.4 Å². The first kappa shape index (κ1) is 59.6. The third-order valence-corrected chi connectivity index (χ3v) is 12.8. The van der Waals surface area contributed by atoms with Crippen molar-refractivity contribution in [3.05, 3.63) is 12.2 Å². The van der Waals surface area contributed by atoms with Crippen LogP contribution >= 0.6 is 0 Å². The van der Waals surface area contributed by atoms with Crippen molar-refractivity contribution in [1.82, 2.24) is 5.32 Å². The van der Waals surface area contributed by atoms with Gasteiger partial charge < -0.3 is 20.3 Å². The summed E-state index contributed by atoms with van der Waals surface area (Å²) >= 11 is 0. The maximum Gasteiger partial charge on any atom is 0.305 e. The molecule has 0 aromatic rings. The number of esters is 1. The molecule has 0 saturated heterocycles. The van der Waals surface area contributed by atoms with Crippen LogP contribution < -0.4 is 5.32 Å². The van der Waals surface area contributed by atoms with Crippen LogP contribution in [0.15, 0.2) is 12.2 Å². The Balaban J connectivity index is 3.40. The SMILES string of the molecule is CCCCCCCCCCC/C=C/C(O)C(CO)NC(=O)CCCCCCCCCCCCCCCCCCOC(=O)CCCCCCCCCCCCCCCCCCC. The number of aliphatic hydroxyl groups excluding tert-OH is 2. The number of aliphatic hydroxyl groups is 2. The lowest BCUT2D eigenvalue weighted by atomic mass is 10.0. The molecule has 0 rings (SSSR count). The molecule has 0 aliphatic carbocycles. The van der Waals surface area contributed by atoms with E-state index in [0.717, 1.165) is 44.9 Å². The Morgan fingerprint density at radius 3 is 1.11 bits per heavy atom. The Morgan fingerprint density at radius 2 is 0.754 bits per heavy atom. The molecular weight excluding hydrogens is 755 g/mol. The quantitative estimate of drug-likeness (QED) is 0.0322. The normalized spacial score (nSPS) is 12.7. The van der Waals surface area contributed by atoms with Gasteiger partial charge in [-0.15, -0.1) is 0 Å². The maximum atomic E-state index is 12.4. The van der Waals surface area contributed by atoms with Gasteiger partial charge in [0.2, 0.25) is 5.91 Å². The molecule has 2 unspecified atom stereocenters. The lowest BCUT2D eigenvalue weighted by Crippen LogP contribution is -2.45. The van der Waals surface area contributed by atoms with E-state index < -0.39 is 12.1 Å². The fraction of sp³-hybridized carbons (Fsp3) is 0.927. The average molecular weight is 862 g/mol. The molecule has 6 heteroatoms. The van der Waals surface area contributed by atoms with Crippen LogP contribution in [0.2, 0.25) is 0 Å². The van der Waals surface area contributed by atoms with E-state index in [1.165, 1.54) is 231 Å². The zero-order chi connectivity index (χ0) is 44.4. The highest BCUT2D eigenvalue weighted by Gasteiger charge is 2.18. The van der Waals surface area contributed by atoms with E-state index in [1.54, 1.807) is 6.08 Å². The van der Waals surface area contributed by atoms with E-state index in [-0.39, 0.29) is 18.5 Å². The fourth-order valence-corrected chi connectivity index (χ4v) is 8.58. The fourth-order valence-electron chi connectivity index (χ4n) is 8.58. The van der Waals surface area contributed by atoms with Crippen LogP contribution in [0.3, 0.4) is 0 Å². The highest BCUT2D eigenvalue weighted by molar-refractivity contribution is 5.76. The molecule has 6 nitrogen and oxygen atoms in total. The Kier molecular flexibility index (Phi) is 50.1. The number of carbonyl (C=O) groups is 2. The monoisotopic (exact) mass is 862 g/mol. The molecule has 0 fully saturated rings. The lowest BCUT2D eigenvalue weighted by Gasteiger charge is -2.20. The summed E-state index contributed by atoms with van der Waals surface area (Å²) in [4.78, 5) is 24.5. The molecule has 0 aliphatic rings. The van der Waals surface area contributed by atoms with Crippen molar-refractivity contribution in [2.24, 2.45) is 0 Å². The summed E-state index contributed by atoms with van der Waals surface area (Å²) in [5.41, 5.74) is 0. The minimum absolute atomic E-state index is 0.00615. The predicted octanol–water partition coefficient (Wildman–Crippen LogP) is 16.5. The van der Waals surface area contributed by atoms with Crippen molar-refractivity contribution in [3.8, 4) is 0 Å². The van der Waals surface area contributed by atoms with Crippen LogP contribution in [0, 0.1) is 0 Å². The van der Waals surface area contributed by atoms with Crippen molar-refractivity contribution < 1.29 is 24.5 Å². The number of amides is 1. The summed E-state index contributed by atoms with van der Waals surface area (Å²) in [5.74, 6) is -0.0688. The molecule has 0 bridgehead atoms. The highest BCUT2D eigenvalue weighted by atomic mass is 16.5. The van der Waals surface area contributed by atoms with E-state index in [0.29, 0.717) is 19.4 Å². The number of hydrogen-bond acceptors (Lipinski definition) is 5. The molecule has 0 saturated carbocycles. The summed E-state index contributed by atoms with van der Waals surface area (Å²) < 4.78 is 5.48. The van der Waals surface area contributed by atoms with Crippen LogP contribution in [-0.2, 0) is 14.3 Å². The molecule has 2 atom stereocenters. The zero-order valence-corrected chi connectivity index (χ0v) is 41.2. The van der Waals surface area contributed by atoms with Gasteiger partial charge in [0.1, 0.15) is 0 Å². The van der Waals surface area contributed by atoms with Gasteiger partial charge in [0.25, 0.3) is 0 Å². The summed E-state index contributed by atoms with van der Waals surface area (Å²) in [6.07, 6.45) is 59.4. The van der Waals surface area contributed by atoms with Gasteiger partial charge in [0.15, 0.2) is 0 Å². The van der Waals surface area contributed by atoms with Crippen LogP contribution in [0.25, 0.3) is 0 Å². The van der Waals surface area contributed by atoms with Crippen molar-refractivity contribution in [1.29, 1.82) is 0 Å². The predicted molar refractivity (Wildman–Crippen MR) is 264 cm³/mol. The molecule has 0 heterocycles. The number of ether oxygens (including phenoxy) is 1. The molecule has 1 amide bonds. The van der Waals surface area contributed by atoms with Gasteiger partial charge in [-0.2, -0.15) is 0 Å². The van der Waals surface area contributed by atoms with Gasteiger partial charge in [-0.05, 0) is 32.1 Å². The van der Waals surface area contributed by atoms with Crippen LogP contribution in [0.5, 0.6) is 0 Å². The smallest absolute Gasteiger partial charge is 0.305 e. The van der Waals surface area contributed by atoms with E-state index in [2.05, 4.69) is 19.2 Å². The maximum absolute atomic E-state index is 12.4. The second kappa shape index (κ2) is 51.2. The third kappa shape index (κ3) is 47.9. The Labute approximate surface area is 380 Å². The molecule has 0 aromatic heterocycles. The van der Waals surface area contributed by atoms with E-state index in [1.807, 2.05) is 6.08 Å². The largest absolute Gasteiger partial charge is 0.466 e. The minimum Gasteiger partial charge on any atom is -0.466 e. The van der Waals surface area contributed by atoms with Gasteiger partial charge in [-0.1, -0.05) is 270 Å². The van der Waals surface area contributed by atoms with Gasteiger partial charge in [0, 0.05) is 12.8 Å². The topological polar surface area (TPSA) is 95.9 Å². The highest BCUT2D eigenvalue weighted by Crippen LogP contribution is 2.17. The number of carbonyl (C=O) groups excluding carboxylic acids is 2. The van der Waals surface area contributed by atoms with Crippen molar-refractivity contribution in [3.63, 3.8) is 0 Å². The van der Waals surface area contributed by atoms with Crippen LogP contribution in [0.1, 0.15) is 303 Å². The second-order valence-corrected chi connectivity index (χ2v) is 18.9. The molecule has 0 radical (unpaired) electrons. The number of hydrogen-bond donors (Lipinski definition) is 3. The van der Waals surface area contributed by atoms with Gasteiger partial charge in [-0.3, -0.25) is 9.59 Å². The van der Waals surface area contributed by atoms with Gasteiger partial charge in [0.05, 0.1) is 25.4 Å². The van der Waals surface area contributed by atoms with Crippen molar-refractivity contribution in [2.75, 3.05) is 13.2 Å². The third-order valence-electron chi connectivity index (χ3n) is 12.8. The number of allylic oxidation sites excluding steroid dienone is 1. The molecule has 0 aliphatic heterocycles. The molecule has 362 valence electrons. The second-order valence-electron chi connectivity index (χ2n) is 18.9. The molecule has 3 N–H and O–H groups in total. The summed E-state index contributed by atoms with van der Waals surface area (Å²) in [6, 6.07) is -0.630. The van der Waals surface area contributed by atoms with Gasteiger partial charge >= 0.3 is 5.97 Å². The average Bonchev–Trinajstić information content (AvgIpc) is 3.26. The van der Waals surface area contributed by atoms with Crippen molar-refractivity contribution in [2.45, 2.75) is 315 Å². The minimum atomic E-state index is -0.846. The van der Waals surface area contributed by atoms with Crippen molar-refractivity contribution >= 4 is 11.9 Å².